The van der Waals surface area contributed by atoms with Crippen LogP contribution in [0.2, 0.25) is 0 Å². The summed E-state index contributed by atoms with van der Waals surface area (Å²) in [4.78, 5) is 25.8. The van der Waals surface area contributed by atoms with Gasteiger partial charge >= 0.3 is 6.03 Å². The summed E-state index contributed by atoms with van der Waals surface area (Å²) in [5, 5.41) is 4.88. The molecule has 0 aromatic heterocycles. The molecule has 1 aliphatic rings. The maximum absolute atomic E-state index is 13.1. The summed E-state index contributed by atoms with van der Waals surface area (Å²) in [5.41, 5.74) is 2.53. The zero-order valence-electron chi connectivity index (χ0n) is 17.2. The summed E-state index contributed by atoms with van der Waals surface area (Å²) >= 11 is 0. The Morgan fingerprint density at radius 1 is 1.04 bits per heavy atom. The highest BCUT2D eigenvalue weighted by molar-refractivity contribution is 7.89. The lowest BCUT2D eigenvalue weighted by Crippen LogP contribution is -2.52. The number of benzene rings is 1. The maximum Gasteiger partial charge on any atom is 0.321 e. The van der Waals surface area contributed by atoms with Crippen molar-refractivity contribution in [2.24, 2.45) is 0 Å². The minimum Gasteiger partial charge on any atom is -0.336 e. The standard InChI is InChI=1S/C19H30N4O4S/c1-13(2)20-19(25)21-17(24)12-22-6-8-23(9-7-22)28(26,27)18-15(4)10-14(3)11-16(18)5/h10-11,13H,6-9,12H2,1-5H3,(H2,20,21,24,25). The molecule has 0 atom stereocenters. The van der Waals surface area contributed by atoms with Crippen LogP contribution in [0.1, 0.15) is 30.5 Å². The summed E-state index contributed by atoms with van der Waals surface area (Å²) in [6.07, 6.45) is 0. The van der Waals surface area contributed by atoms with Crippen molar-refractivity contribution in [1.29, 1.82) is 0 Å². The van der Waals surface area contributed by atoms with E-state index in [1.807, 2.05) is 37.8 Å². The number of piperazine rings is 1. The van der Waals surface area contributed by atoms with Gasteiger partial charge in [-0.3, -0.25) is 15.0 Å². The van der Waals surface area contributed by atoms with Gasteiger partial charge in [0.1, 0.15) is 0 Å². The van der Waals surface area contributed by atoms with Crippen LogP contribution >= 0.6 is 0 Å². The van der Waals surface area contributed by atoms with Gasteiger partial charge in [0.2, 0.25) is 15.9 Å². The van der Waals surface area contributed by atoms with Gasteiger partial charge in [-0.05, 0) is 45.7 Å². The van der Waals surface area contributed by atoms with Gasteiger partial charge in [0.25, 0.3) is 0 Å². The molecule has 0 aliphatic carbocycles. The van der Waals surface area contributed by atoms with E-state index in [0.29, 0.717) is 31.1 Å². The molecule has 0 spiro atoms. The molecule has 1 aromatic rings. The smallest absolute Gasteiger partial charge is 0.321 e. The largest absolute Gasteiger partial charge is 0.336 e. The monoisotopic (exact) mass is 410 g/mol. The number of urea groups is 1. The summed E-state index contributed by atoms with van der Waals surface area (Å²) in [5.74, 6) is -0.403. The van der Waals surface area contributed by atoms with Gasteiger partial charge in [-0.2, -0.15) is 4.31 Å². The number of carbonyl (C=O) groups excluding carboxylic acids is 2. The van der Waals surface area contributed by atoms with Crippen LogP contribution in [0.5, 0.6) is 0 Å². The average molecular weight is 411 g/mol. The van der Waals surface area contributed by atoms with E-state index in [9.17, 15) is 18.0 Å². The van der Waals surface area contributed by atoms with Gasteiger partial charge < -0.3 is 5.32 Å². The molecule has 1 saturated heterocycles. The van der Waals surface area contributed by atoms with Crippen molar-refractivity contribution in [3.8, 4) is 0 Å². The van der Waals surface area contributed by atoms with Crippen LogP contribution in [-0.2, 0) is 14.8 Å². The van der Waals surface area contributed by atoms with E-state index >= 15 is 0 Å². The van der Waals surface area contributed by atoms with Crippen molar-refractivity contribution in [3.63, 3.8) is 0 Å². The molecule has 0 radical (unpaired) electrons. The van der Waals surface area contributed by atoms with Crippen molar-refractivity contribution in [2.75, 3.05) is 32.7 Å². The third-order valence-corrected chi connectivity index (χ3v) is 6.78. The molecule has 1 heterocycles. The van der Waals surface area contributed by atoms with E-state index in [1.165, 1.54) is 4.31 Å². The fourth-order valence-corrected chi connectivity index (χ4v) is 5.33. The zero-order valence-corrected chi connectivity index (χ0v) is 18.0. The maximum atomic E-state index is 13.1. The molecule has 3 amide bonds. The third-order valence-electron chi connectivity index (χ3n) is 4.57. The number of sulfonamides is 1. The van der Waals surface area contributed by atoms with Crippen molar-refractivity contribution < 1.29 is 18.0 Å². The molecule has 8 nitrogen and oxygen atoms in total. The second-order valence-electron chi connectivity index (χ2n) is 7.58. The molecular weight excluding hydrogens is 380 g/mol. The van der Waals surface area contributed by atoms with Crippen LogP contribution in [0.3, 0.4) is 0 Å². The number of amides is 3. The summed E-state index contributed by atoms with van der Waals surface area (Å²) < 4.78 is 27.7. The molecule has 1 fully saturated rings. The molecule has 28 heavy (non-hydrogen) atoms. The number of rotatable bonds is 5. The molecule has 1 aromatic carbocycles. The predicted molar refractivity (Wildman–Crippen MR) is 108 cm³/mol. The number of imide groups is 1. The van der Waals surface area contributed by atoms with Crippen LogP contribution in [0, 0.1) is 20.8 Å². The van der Waals surface area contributed by atoms with Gasteiger partial charge in [0.05, 0.1) is 11.4 Å². The fraction of sp³-hybridized carbons (Fsp3) is 0.579. The highest BCUT2D eigenvalue weighted by Crippen LogP contribution is 2.26. The Morgan fingerprint density at radius 3 is 2.07 bits per heavy atom. The molecule has 0 saturated carbocycles. The Hall–Kier alpha value is -1.97. The molecule has 156 valence electrons. The first-order chi connectivity index (χ1) is 13.0. The molecule has 1 aliphatic heterocycles. The Kier molecular flexibility index (Phi) is 7.19. The molecule has 0 unspecified atom stereocenters. The normalized spacial score (nSPS) is 16.2. The van der Waals surface area contributed by atoms with Crippen molar-refractivity contribution >= 4 is 22.0 Å². The molecule has 2 N–H and O–H groups in total. The lowest BCUT2D eigenvalue weighted by Gasteiger charge is -2.34. The Bertz CT molecular complexity index is 820. The number of carbonyl (C=O) groups is 2. The van der Waals surface area contributed by atoms with Crippen LogP contribution in [0.25, 0.3) is 0 Å². The Labute approximate surface area is 167 Å². The van der Waals surface area contributed by atoms with Crippen LogP contribution in [-0.4, -0.2) is 68.3 Å². The fourth-order valence-electron chi connectivity index (χ4n) is 3.50. The predicted octanol–water partition coefficient (Wildman–Crippen LogP) is 1.15. The number of nitrogens with zero attached hydrogens (tertiary/aromatic N) is 2. The van der Waals surface area contributed by atoms with Crippen molar-refractivity contribution in [1.82, 2.24) is 19.8 Å². The summed E-state index contributed by atoms with van der Waals surface area (Å²) in [6, 6.07) is 3.17. The quantitative estimate of drug-likeness (QED) is 0.759. The Morgan fingerprint density at radius 2 is 1.57 bits per heavy atom. The minimum atomic E-state index is -3.58. The topological polar surface area (TPSA) is 98.8 Å². The highest BCUT2D eigenvalue weighted by atomic mass is 32.2. The van der Waals surface area contributed by atoms with Gasteiger partial charge in [0, 0.05) is 32.2 Å². The summed E-state index contributed by atoms with van der Waals surface area (Å²) in [7, 11) is -3.58. The molecule has 0 bridgehead atoms. The van der Waals surface area contributed by atoms with E-state index in [-0.39, 0.29) is 12.6 Å². The van der Waals surface area contributed by atoms with Crippen LogP contribution in [0.15, 0.2) is 17.0 Å². The first-order valence-electron chi connectivity index (χ1n) is 9.41. The zero-order chi connectivity index (χ0) is 21.1. The second-order valence-corrected chi connectivity index (χ2v) is 9.46. The third kappa shape index (κ3) is 5.52. The number of hydrogen-bond donors (Lipinski definition) is 2. The highest BCUT2D eigenvalue weighted by Gasteiger charge is 2.31. The minimum absolute atomic E-state index is 0.0575. The second kappa shape index (κ2) is 9.02. The van der Waals surface area contributed by atoms with E-state index in [2.05, 4.69) is 10.6 Å². The first kappa shape index (κ1) is 22.3. The first-order valence-corrected chi connectivity index (χ1v) is 10.9. The van der Waals surface area contributed by atoms with E-state index in [4.69, 9.17) is 0 Å². The lowest BCUT2D eigenvalue weighted by atomic mass is 10.1. The van der Waals surface area contributed by atoms with Crippen molar-refractivity contribution in [3.05, 3.63) is 28.8 Å². The van der Waals surface area contributed by atoms with E-state index in [1.54, 1.807) is 13.8 Å². The van der Waals surface area contributed by atoms with Crippen molar-refractivity contribution in [2.45, 2.75) is 45.6 Å². The molecule has 2 rings (SSSR count). The Balaban J connectivity index is 1.96. The number of nitrogens with one attached hydrogen (secondary N) is 2. The van der Waals surface area contributed by atoms with Gasteiger partial charge in [0.15, 0.2) is 0 Å². The average Bonchev–Trinajstić information content (AvgIpc) is 2.52. The number of hydrogen-bond acceptors (Lipinski definition) is 5. The van der Waals surface area contributed by atoms with E-state index in [0.717, 1.165) is 16.7 Å². The number of aryl methyl sites for hydroxylation is 3. The molecule has 9 heteroatoms. The van der Waals surface area contributed by atoms with Gasteiger partial charge in [-0.25, -0.2) is 13.2 Å². The van der Waals surface area contributed by atoms with Crippen LogP contribution in [0.4, 0.5) is 4.79 Å². The van der Waals surface area contributed by atoms with E-state index < -0.39 is 22.0 Å². The molecular formula is C19H30N4O4S. The van der Waals surface area contributed by atoms with Gasteiger partial charge in [-0.1, -0.05) is 17.7 Å². The van der Waals surface area contributed by atoms with Crippen LogP contribution < -0.4 is 10.6 Å². The van der Waals surface area contributed by atoms with Gasteiger partial charge in [-0.15, -0.1) is 0 Å². The lowest BCUT2D eigenvalue weighted by molar-refractivity contribution is -0.121. The summed E-state index contributed by atoms with van der Waals surface area (Å²) in [6.45, 7) is 10.7. The SMILES string of the molecule is Cc1cc(C)c(S(=O)(=O)N2CCN(CC(=O)NC(=O)NC(C)C)CC2)c(C)c1.